The molecular weight excluding hydrogens is 882 g/mol. The van der Waals surface area contributed by atoms with Gasteiger partial charge < -0.3 is 44.3 Å². The van der Waals surface area contributed by atoms with E-state index in [2.05, 4.69) is 22.0 Å². The number of esters is 1. The van der Waals surface area contributed by atoms with E-state index in [-0.39, 0.29) is 47.9 Å². The quantitative estimate of drug-likeness (QED) is 0.163. The molecular formula is C44H69Cl2N3O11S2. The molecule has 0 bridgehead atoms. The Morgan fingerprint density at radius 2 is 1.35 bits per heavy atom. The summed E-state index contributed by atoms with van der Waals surface area (Å²) in [7, 11) is -6.17. The van der Waals surface area contributed by atoms with Crippen LogP contribution in [-0.4, -0.2) is 139 Å². The predicted octanol–water partition coefficient (Wildman–Crippen LogP) is 5.31. The second kappa shape index (κ2) is 23.6. The molecule has 2 aromatic carbocycles. The molecule has 4 heterocycles. The Morgan fingerprint density at radius 3 is 1.92 bits per heavy atom. The summed E-state index contributed by atoms with van der Waals surface area (Å²) in [4.78, 5) is 16.4. The minimum Gasteiger partial charge on any atom is -0.487 e. The van der Waals surface area contributed by atoms with Crippen molar-refractivity contribution >= 4 is 56.5 Å². The molecule has 0 amide bonds. The van der Waals surface area contributed by atoms with Gasteiger partial charge in [-0.15, -0.1) is 24.8 Å². The number of piperidine rings is 2. The number of ether oxygens (including phenoxy) is 5. The summed E-state index contributed by atoms with van der Waals surface area (Å²) in [6, 6.07) is 11.0. The molecule has 2 saturated heterocycles. The zero-order valence-electron chi connectivity index (χ0n) is 37.0. The second-order valence-corrected chi connectivity index (χ2v) is 22.1. The first-order valence-electron chi connectivity index (χ1n) is 21.1. The third-order valence-corrected chi connectivity index (χ3v) is 12.8. The Kier molecular flexibility index (Phi) is 20.5. The average molecular weight is 951 g/mol. The van der Waals surface area contributed by atoms with E-state index in [0.717, 1.165) is 81.8 Å². The first-order chi connectivity index (χ1) is 28.2. The molecule has 4 aliphatic rings. The van der Waals surface area contributed by atoms with E-state index in [1.165, 1.54) is 12.5 Å². The molecule has 62 heavy (non-hydrogen) atoms. The number of aliphatic hydroxyl groups is 1. The van der Waals surface area contributed by atoms with Gasteiger partial charge in [0.2, 0.25) is 0 Å². The van der Waals surface area contributed by atoms with Crippen LogP contribution in [0.2, 0.25) is 0 Å². The zero-order chi connectivity index (χ0) is 43.6. The maximum atomic E-state index is 11.7. The number of nitrogens with two attached hydrogens (primary N) is 1. The molecule has 0 radical (unpaired) electrons. The number of hydrogen-bond acceptors (Lipinski definition) is 14. The molecule has 14 nitrogen and oxygen atoms in total. The summed E-state index contributed by atoms with van der Waals surface area (Å²) in [5, 5.41) is 10.8. The van der Waals surface area contributed by atoms with Crippen molar-refractivity contribution in [3.8, 4) is 11.5 Å². The lowest BCUT2D eigenvalue weighted by Crippen LogP contribution is -2.51. The SMILES string of the molecule is CC(C)(C)OC(=O)CCCOCCN1CCC2(CC1)C[C@@H](O)c1cc(CS(C)(=O)=O)ccc1O2.CS(=O)(=O)Cc1ccc2c(c1)C=CC1(CCN(CCOCCN)CC1)O2.Cl.Cl. The third-order valence-electron chi connectivity index (χ3n) is 11.1. The van der Waals surface area contributed by atoms with Crippen LogP contribution < -0.4 is 15.2 Å². The van der Waals surface area contributed by atoms with Crippen LogP contribution in [0.5, 0.6) is 11.5 Å². The number of sulfone groups is 2. The molecule has 352 valence electrons. The number of carbonyl (C=O) groups excluding carboxylic acids is 1. The number of carbonyl (C=O) groups is 1. The largest absolute Gasteiger partial charge is 0.487 e. The van der Waals surface area contributed by atoms with Crippen LogP contribution in [0.4, 0.5) is 0 Å². The summed E-state index contributed by atoms with van der Waals surface area (Å²) in [6.07, 6.45) is 11.0. The van der Waals surface area contributed by atoms with E-state index in [0.29, 0.717) is 69.1 Å². The summed E-state index contributed by atoms with van der Waals surface area (Å²) in [6.45, 7) is 14.0. The van der Waals surface area contributed by atoms with Crippen LogP contribution in [0, 0.1) is 0 Å². The Hall–Kier alpha value is -2.51. The number of likely N-dealkylation sites (tertiary alicyclic amines) is 2. The molecule has 0 saturated carbocycles. The molecule has 0 aromatic heterocycles. The van der Waals surface area contributed by atoms with E-state index in [1.54, 1.807) is 18.2 Å². The second-order valence-electron chi connectivity index (χ2n) is 17.8. The Labute approximate surface area is 381 Å². The summed E-state index contributed by atoms with van der Waals surface area (Å²) in [5.74, 6) is 1.30. The van der Waals surface area contributed by atoms with Crippen molar-refractivity contribution < 1.29 is 50.4 Å². The van der Waals surface area contributed by atoms with Crippen LogP contribution >= 0.6 is 24.8 Å². The molecule has 18 heteroatoms. The highest BCUT2D eigenvalue weighted by atomic mass is 35.5. The molecule has 2 fully saturated rings. The van der Waals surface area contributed by atoms with Crippen LogP contribution in [0.1, 0.15) is 94.1 Å². The minimum atomic E-state index is -3.14. The number of benzene rings is 2. The Morgan fingerprint density at radius 1 is 0.806 bits per heavy atom. The summed E-state index contributed by atoms with van der Waals surface area (Å²) in [5.41, 5.74) is 7.42. The number of rotatable bonds is 16. The van der Waals surface area contributed by atoms with Gasteiger partial charge in [0.05, 0.1) is 37.4 Å². The number of aliphatic hydroxyl groups excluding tert-OH is 1. The Balaban J connectivity index is 0.000000330. The van der Waals surface area contributed by atoms with Crippen molar-refractivity contribution in [2.75, 3.05) is 84.8 Å². The van der Waals surface area contributed by atoms with E-state index >= 15 is 0 Å². The number of hydrogen-bond donors (Lipinski definition) is 2. The summed E-state index contributed by atoms with van der Waals surface area (Å²) < 4.78 is 75.3. The first kappa shape index (κ1) is 53.8. The maximum Gasteiger partial charge on any atom is 0.306 e. The topological polar surface area (TPSA) is 184 Å². The van der Waals surface area contributed by atoms with Gasteiger partial charge in [-0.1, -0.05) is 18.2 Å². The minimum absolute atomic E-state index is 0. The fourth-order valence-corrected chi connectivity index (χ4v) is 9.66. The van der Waals surface area contributed by atoms with E-state index in [1.807, 2.05) is 39.0 Å². The normalized spacial score (nSPS) is 19.4. The van der Waals surface area contributed by atoms with Gasteiger partial charge in [-0.05, 0) is 81.5 Å². The first-order valence-corrected chi connectivity index (χ1v) is 25.2. The third kappa shape index (κ3) is 17.5. The van der Waals surface area contributed by atoms with E-state index < -0.39 is 37.0 Å². The van der Waals surface area contributed by atoms with Gasteiger partial charge in [-0.25, -0.2) is 16.8 Å². The van der Waals surface area contributed by atoms with Gasteiger partial charge in [-0.3, -0.25) is 4.79 Å². The van der Waals surface area contributed by atoms with Crippen molar-refractivity contribution in [3.05, 3.63) is 64.7 Å². The Bertz CT molecular complexity index is 2000. The number of nitrogens with zero attached hydrogens (tertiary/aromatic N) is 2. The van der Waals surface area contributed by atoms with Crippen LogP contribution in [0.3, 0.4) is 0 Å². The van der Waals surface area contributed by atoms with Gasteiger partial charge >= 0.3 is 5.97 Å². The molecule has 3 N–H and O–H groups in total. The average Bonchev–Trinajstić information content (AvgIpc) is 3.15. The lowest BCUT2D eigenvalue weighted by Gasteiger charge is -2.46. The number of halogens is 2. The van der Waals surface area contributed by atoms with Gasteiger partial charge in [0.1, 0.15) is 28.3 Å². The fourth-order valence-electron chi connectivity index (χ4n) is 8.09. The van der Waals surface area contributed by atoms with Crippen LogP contribution in [0.25, 0.3) is 6.08 Å². The van der Waals surface area contributed by atoms with Gasteiger partial charge in [0.25, 0.3) is 0 Å². The molecule has 2 aromatic rings. The molecule has 6 rings (SSSR count). The standard InChI is InChI=1S/C25H39NO7S.C19H28N2O4S.2ClH/c1-24(2,3)33-23(28)6-5-14-31-15-13-26-11-9-25(10-12-26)17-21(27)20-16-19(18-34(4,29)30)7-8-22(20)32-25;1-26(22,23)15-16-2-3-18-17(14-16)4-5-19(25-18)6-9-21(10-7-19)11-13-24-12-8-20;;/h7-8,16,21,27H,5-6,9-15,17-18H2,1-4H3;2-5,14H,6-13,15,20H2,1H3;2*1H/t21-;;;/m1.../s1. The van der Waals surface area contributed by atoms with Gasteiger partial charge in [-0.2, -0.15) is 0 Å². The fraction of sp³-hybridized carbons (Fsp3) is 0.659. The number of fused-ring (bicyclic) bond motifs is 2. The smallest absolute Gasteiger partial charge is 0.306 e. The van der Waals surface area contributed by atoms with Crippen LogP contribution in [-0.2, 0) is 50.2 Å². The van der Waals surface area contributed by atoms with Gasteiger partial charge in [0, 0.05) is 102 Å². The van der Waals surface area contributed by atoms with Crippen molar-refractivity contribution in [1.29, 1.82) is 0 Å². The monoisotopic (exact) mass is 949 g/mol. The van der Waals surface area contributed by atoms with E-state index in [4.69, 9.17) is 29.4 Å². The van der Waals surface area contributed by atoms with E-state index in [9.17, 15) is 26.7 Å². The highest BCUT2D eigenvalue weighted by Gasteiger charge is 2.43. The zero-order valence-corrected chi connectivity index (χ0v) is 40.2. The highest BCUT2D eigenvalue weighted by Crippen LogP contribution is 2.45. The lowest BCUT2D eigenvalue weighted by molar-refractivity contribution is -0.155. The van der Waals surface area contributed by atoms with Crippen molar-refractivity contribution in [2.45, 2.75) is 100 Å². The molecule has 0 aliphatic carbocycles. The summed E-state index contributed by atoms with van der Waals surface area (Å²) >= 11 is 0. The molecule has 1 atom stereocenters. The molecule has 0 unspecified atom stereocenters. The predicted molar refractivity (Wildman–Crippen MR) is 247 cm³/mol. The lowest BCUT2D eigenvalue weighted by atomic mass is 9.81. The highest BCUT2D eigenvalue weighted by molar-refractivity contribution is 7.90. The van der Waals surface area contributed by atoms with Crippen molar-refractivity contribution in [3.63, 3.8) is 0 Å². The maximum absolute atomic E-state index is 11.7. The van der Waals surface area contributed by atoms with Crippen molar-refractivity contribution in [1.82, 2.24) is 9.80 Å². The van der Waals surface area contributed by atoms with Crippen molar-refractivity contribution in [2.24, 2.45) is 5.73 Å². The molecule has 2 spiro atoms. The molecule has 4 aliphatic heterocycles. The van der Waals surface area contributed by atoms with Crippen LogP contribution in [0.15, 0.2) is 42.5 Å². The van der Waals surface area contributed by atoms with Gasteiger partial charge in [0.15, 0.2) is 19.7 Å².